The molecule has 0 saturated heterocycles. The van der Waals surface area contributed by atoms with E-state index in [9.17, 15) is 24.5 Å². The average Bonchev–Trinajstić information content (AvgIpc) is 3.25. The molecule has 32 heavy (non-hydrogen) atoms. The van der Waals surface area contributed by atoms with Gasteiger partial charge in [-0.1, -0.05) is 6.07 Å². The van der Waals surface area contributed by atoms with E-state index in [1.54, 1.807) is 25.1 Å². The van der Waals surface area contributed by atoms with Gasteiger partial charge in [0.25, 0.3) is 0 Å². The highest BCUT2D eigenvalue weighted by Crippen LogP contribution is 2.35. The minimum Gasteiger partial charge on any atom is -0.466 e. The van der Waals surface area contributed by atoms with Crippen molar-refractivity contribution in [2.75, 3.05) is 19.9 Å². The van der Waals surface area contributed by atoms with Crippen LogP contribution in [0.2, 0.25) is 0 Å². The van der Waals surface area contributed by atoms with Gasteiger partial charge in [-0.2, -0.15) is 0 Å². The highest BCUT2D eigenvalue weighted by atomic mass is 16.7. The second-order valence-electron chi connectivity index (χ2n) is 7.76. The van der Waals surface area contributed by atoms with Crippen molar-refractivity contribution in [1.82, 2.24) is 10.6 Å². The van der Waals surface area contributed by atoms with Gasteiger partial charge in [-0.3, -0.25) is 24.5 Å². The lowest BCUT2D eigenvalue weighted by molar-refractivity contribution is -0.527. The minimum atomic E-state index is -0.728. The number of carbonyl (C=O) groups excluding carboxylic acids is 3. The molecule has 1 aliphatic carbocycles. The molecule has 1 saturated carbocycles. The molecule has 174 valence electrons. The van der Waals surface area contributed by atoms with E-state index in [1.165, 1.54) is 0 Å². The van der Waals surface area contributed by atoms with E-state index >= 15 is 0 Å². The van der Waals surface area contributed by atoms with Crippen LogP contribution in [0.4, 0.5) is 0 Å². The molecule has 0 aromatic heterocycles. The summed E-state index contributed by atoms with van der Waals surface area (Å²) in [5, 5.41) is 16.3. The first-order valence-corrected chi connectivity index (χ1v) is 10.6. The van der Waals surface area contributed by atoms with E-state index < -0.39 is 29.9 Å². The second-order valence-corrected chi connectivity index (χ2v) is 7.76. The number of fused-ring (bicyclic) bond motifs is 1. The molecule has 3 unspecified atom stereocenters. The molecule has 1 aromatic carbocycles. The topological polar surface area (TPSA) is 146 Å². The Bertz CT molecular complexity index is 875. The Morgan fingerprint density at radius 2 is 2.03 bits per heavy atom. The number of nitro groups is 1. The Kier molecular flexibility index (Phi) is 7.85. The van der Waals surface area contributed by atoms with Crippen LogP contribution in [0.1, 0.15) is 50.6 Å². The smallest absolute Gasteiger partial charge is 0.308 e. The fourth-order valence-corrected chi connectivity index (χ4v) is 3.92. The Balaban J connectivity index is 1.59. The van der Waals surface area contributed by atoms with Crippen molar-refractivity contribution in [3.8, 4) is 11.5 Å². The first kappa shape index (κ1) is 23.3. The Morgan fingerprint density at radius 3 is 2.78 bits per heavy atom. The number of ether oxygens (including phenoxy) is 3. The number of benzene rings is 1. The molecule has 1 heterocycles. The zero-order chi connectivity index (χ0) is 23.1. The molecule has 1 aromatic rings. The maximum absolute atomic E-state index is 12.5. The molecule has 0 bridgehead atoms. The highest BCUT2D eigenvalue weighted by Gasteiger charge is 2.33. The first-order chi connectivity index (χ1) is 15.4. The van der Waals surface area contributed by atoms with E-state index in [-0.39, 0.29) is 43.6 Å². The van der Waals surface area contributed by atoms with Crippen LogP contribution < -0.4 is 20.1 Å². The quantitative estimate of drug-likeness (QED) is 0.327. The molecule has 2 aliphatic rings. The summed E-state index contributed by atoms with van der Waals surface area (Å²) in [7, 11) is 0. The third-order valence-electron chi connectivity index (χ3n) is 5.55. The largest absolute Gasteiger partial charge is 0.466 e. The molecule has 11 nitrogen and oxygen atoms in total. The maximum atomic E-state index is 12.5. The van der Waals surface area contributed by atoms with Crippen molar-refractivity contribution < 1.29 is 33.5 Å². The molecule has 2 N–H and O–H groups in total. The lowest BCUT2D eigenvalue weighted by Crippen LogP contribution is -2.43. The standard InChI is InChI=1S/C21H27N3O8/c1-2-30-20(26)10-16(13-6-7-17-18(9-13)32-12-31-17)23-19(25)11-22-21(27)14-4-3-5-15(8-14)24(28)29/h6-7,9,14-16H,2-5,8,10-12H2,1H3,(H,22,27)(H,23,25). The molecule has 0 radical (unpaired) electrons. The van der Waals surface area contributed by atoms with Crippen LogP contribution in [0.3, 0.4) is 0 Å². The van der Waals surface area contributed by atoms with Gasteiger partial charge in [0.05, 0.1) is 25.6 Å². The fraction of sp³-hybridized carbons (Fsp3) is 0.571. The van der Waals surface area contributed by atoms with Crippen LogP contribution in [-0.4, -0.2) is 48.7 Å². The van der Waals surface area contributed by atoms with Crippen molar-refractivity contribution in [3.05, 3.63) is 33.9 Å². The average molecular weight is 449 g/mol. The number of nitrogens with one attached hydrogen (secondary N) is 2. The van der Waals surface area contributed by atoms with Gasteiger partial charge < -0.3 is 24.8 Å². The number of nitrogens with zero attached hydrogens (tertiary/aromatic N) is 1. The van der Waals surface area contributed by atoms with Crippen molar-refractivity contribution in [3.63, 3.8) is 0 Å². The third kappa shape index (κ3) is 6.08. The zero-order valence-electron chi connectivity index (χ0n) is 17.8. The maximum Gasteiger partial charge on any atom is 0.308 e. The van der Waals surface area contributed by atoms with Crippen LogP contribution in [0, 0.1) is 16.0 Å². The normalized spacial score (nSPS) is 20.2. The monoisotopic (exact) mass is 449 g/mol. The molecule has 3 atom stereocenters. The summed E-state index contributed by atoms with van der Waals surface area (Å²) < 4.78 is 15.7. The fourth-order valence-electron chi connectivity index (χ4n) is 3.92. The Hall–Kier alpha value is -3.37. The molecular weight excluding hydrogens is 422 g/mol. The van der Waals surface area contributed by atoms with Gasteiger partial charge in [0.2, 0.25) is 24.6 Å². The van der Waals surface area contributed by atoms with Gasteiger partial charge in [-0.25, -0.2) is 0 Å². The molecule has 3 rings (SSSR count). The van der Waals surface area contributed by atoms with E-state index in [0.29, 0.717) is 36.3 Å². The van der Waals surface area contributed by atoms with Gasteiger partial charge in [-0.15, -0.1) is 0 Å². The molecule has 0 spiro atoms. The lowest BCUT2D eigenvalue weighted by Gasteiger charge is -2.23. The molecular formula is C21H27N3O8. The second kappa shape index (κ2) is 10.8. The summed E-state index contributed by atoms with van der Waals surface area (Å²) in [6, 6.07) is 3.68. The molecule has 1 fully saturated rings. The van der Waals surface area contributed by atoms with E-state index in [1.807, 2.05) is 0 Å². The number of hydrogen-bond donors (Lipinski definition) is 2. The minimum absolute atomic E-state index is 0.0954. The summed E-state index contributed by atoms with van der Waals surface area (Å²) in [5.41, 5.74) is 0.628. The van der Waals surface area contributed by atoms with E-state index in [2.05, 4.69) is 10.6 Å². The van der Waals surface area contributed by atoms with Crippen LogP contribution >= 0.6 is 0 Å². The number of carbonyl (C=O) groups is 3. The van der Waals surface area contributed by atoms with Gasteiger partial charge in [-0.05, 0) is 37.5 Å². The van der Waals surface area contributed by atoms with Gasteiger partial charge in [0, 0.05) is 23.7 Å². The predicted molar refractivity (Wildman–Crippen MR) is 110 cm³/mol. The summed E-state index contributed by atoms with van der Waals surface area (Å²) in [5.74, 6) is -0.758. The van der Waals surface area contributed by atoms with Crippen molar-refractivity contribution in [1.29, 1.82) is 0 Å². The number of hydrogen-bond acceptors (Lipinski definition) is 8. The number of amides is 2. The number of rotatable bonds is 9. The molecule has 1 aliphatic heterocycles. The molecule has 11 heteroatoms. The Morgan fingerprint density at radius 1 is 1.25 bits per heavy atom. The first-order valence-electron chi connectivity index (χ1n) is 10.6. The van der Waals surface area contributed by atoms with Crippen LogP contribution in [0.5, 0.6) is 11.5 Å². The van der Waals surface area contributed by atoms with Crippen molar-refractivity contribution >= 4 is 17.8 Å². The van der Waals surface area contributed by atoms with E-state index in [0.717, 1.165) is 0 Å². The Labute approximate surface area is 184 Å². The van der Waals surface area contributed by atoms with Crippen LogP contribution in [0.15, 0.2) is 18.2 Å². The molecule has 2 amide bonds. The highest BCUT2D eigenvalue weighted by molar-refractivity contribution is 5.86. The van der Waals surface area contributed by atoms with Crippen molar-refractivity contribution in [2.24, 2.45) is 5.92 Å². The summed E-state index contributed by atoms with van der Waals surface area (Å²) >= 11 is 0. The van der Waals surface area contributed by atoms with Gasteiger partial charge in [0.15, 0.2) is 11.5 Å². The van der Waals surface area contributed by atoms with E-state index in [4.69, 9.17) is 14.2 Å². The van der Waals surface area contributed by atoms with Crippen LogP contribution in [0.25, 0.3) is 0 Å². The van der Waals surface area contributed by atoms with Crippen LogP contribution in [-0.2, 0) is 19.1 Å². The third-order valence-corrected chi connectivity index (χ3v) is 5.55. The summed E-state index contributed by atoms with van der Waals surface area (Å²) in [6.45, 7) is 1.69. The van der Waals surface area contributed by atoms with Gasteiger partial charge in [0.1, 0.15) is 0 Å². The van der Waals surface area contributed by atoms with Gasteiger partial charge >= 0.3 is 5.97 Å². The zero-order valence-corrected chi connectivity index (χ0v) is 17.8. The lowest BCUT2D eigenvalue weighted by atomic mass is 9.85. The predicted octanol–water partition coefficient (Wildman–Crippen LogP) is 1.48. The summed E-state index contributed by atoms with van der Waals surface area (Å²) in [4.78, 5) is 47.6. The number of esters is 1. The summed E-state index contributed by atoms with van der Waals surface area (Å²) in [6.07, 6.45) is 1.69. The SMILES string of the molecule is CCOC(=O)CC(NC(=O)CNC(=O)C1CCCC([N+](=O)[O-])C1)c1ccc2c(c1)OCO2. The van der Waals surface area contributed by atoms with Crippen molar-refractivity contribution in [2.45, 2.75) is 51.1 Å².